The molecule has 0 saturated carbocycles. The Labute approximate surface area is 123 Å². The summed E-state index contributed by atoms with van der Waals surface area (Å²) in [4.78, 5) is 4.44. The molecule has 3 rings (SSSR count). The largest absolute Gasteiger partial charge is 0.339 e. The molecule has 1 unspecified atom stereocenters. The molecule has 1 fully saturated rings. The highest BCUT2D eigenvalue weighted by molar-refractivity contribution is 6.31. The van der Waals surface area contributed by atoms with E-state index in [0.717, 1.165) is 35.9 Å². The maximum absolute atomic E-state index is 6.13. The van der Waals surface area contributed by atoms with Gasteiger partial charge in [-0.3, -0.25) is 0 Å². The first-order valence-electron chi connectivity index (χ1n) is 7.09. The van der Waals surface area contributed by atoms with E-state index < -0.39 is 0 Å². The Morgan fingerprint density at radius 2 is 2.25 bits per heavy atom. The molecule has 1 aliphatic rings. The molecule has 1 atom stereocenters. The molecule has 1 aromatic carbocycles. The SMILES string of the molecule is Clc1ccccc1Cc1noc(CCC2CCCN2)n1. The van der Waals surface area contributed by atoms with Gasteiger partial charge in [0.1, 0.15) is 0 Å². The molecule has 20 heavy (non-hydrogen) atoms. The lowest BCUT2D eigenvalue weighted by atomic mass is 10.1. The van der Waals surface area contributed by atoms with E-state index in [1.165, 1.54) is 12.8 Å². The van der Waals surface area contributed by atoms with Crippen molar-refractivity contribution in [1.29, 1.82) is 0 Å². The number of halogens is 1. The van der Waals surface area contributed by atoms with Crippen LogP contribution in [-0.4, -0.2) is 22.7 Å². The Kier molecular flexibility index (Phi) is 4.33. The molecule has 1 aromatic heterocycles. The van der Waals surface area contributed by atoms with Crippen molar-refractivity contribution < 1.29 is 4.52 Å². The molecule has 0 bridgehead atoms. The zero-order chi connectivity index (χ0) is 13.8. The second-order valence-electron chi connectivity index (χ2n) is 5.20. The van der Waals surface area contributed by atoms with Gasteiger partial charge in [-0.15, -0.1) is 0 Å². The van der Waals surface area contributed by atoms with Gasteiger partial charge < -0.3 is 9.84 Å². The molecule has 1 saturated heterocycles. The first-order chi connectivity index (χ1) is 9.81. The van der Waals surface area contributed by atoms with Gasteiger partial charge in [-0.05, 0) is 37.4 Å². The van der Waals surface area contributed by atoms with Crippen molar-refractivity contribution in [2.75, 3.05) is 6.54 Å². The zero-order valence-electron chi connectivity index (χ0n) is 11.3. The fourth-order valence-corrected chi connectivity index (χ4v) is 2.78. The van der Waals surface area contributed by atoms with E-state index in [1.54, 1.807) is 0 Å². The van der Waals surface area contributed by atoms with Crippen molar-refractivity contribution in [3.8, 4) is 0 Å². The highest BCUT2D eigenvalue weighted by atomic mass is 35.5. The summed E-state index contributed by atoms with van der Waals surface area (Å²) >= 11 is 6.13. The van der Waals surface area contributed by atoms with E-state index >= 15 is 0 Å². The number of hydrogen-bond acceptors (Lipinski definition) is 4. The highest BCUT2D eigenvalue weighted by Crippen LogP contribution is 2.18. The average Bonchev–Trinajstić information content (AvgIpc) is 3.10. The molecular formula is C15H18ClN3O. The topological polar surface area (TPSA) is 51.0 Å². The molecule has 2 heterocycles. The maximum Gasteiger partial charge on any atom is 0.226 e. The second kappa shape index (κ2) is 6.37. The van der Waals surface area contributed by atoms with E-state index in [0.29, 0.717) is 18.3 Å². The minimum absolute atomic E-state index is 0.605. The third-order valence-corrected chi connectivity index (χ3v) is 4.05. The molecule has 0 spiro atoms. The van der Waals surface area contributed by atoms with Crippen LogP contribution in [0.15, 0.2) is 28.8 Å². The van der Waals surface area contributed by atoms with E-state index in [2.05, 4.69) is 15.5 Å². The Bertz CT molecular complexity index is 564. The predicted octanol–water partition coefficient (Wildman–Crippen LogP) is 3.00. The molecule has 0 radical (unpaired) electrons. The molecule has 0 amide bonds. The Balaban J connectivity index is 1.57. The Morgan fingerprint density at radius 3 is 3.05 bits per heavy atom. The van der Waals surface area contributed by atoms with Crippen LogP contribution < -0.4 is 5.32 Å². The summed E-state index contributed by atoms with van der Waals surface area (Å²) in [6, 6.07) is 8.36. The van der Waals surface area contributed by atoms with Crippen molar-refractivity contribution in [2.45, 2.75) is 38.1 Å². The van der Waals surface area contributed by atoms with Gasteiger partial charge in [0.05, 0.1) is 0 Å². The lowest BCUT2D eigenvalue weighted by molar-refractivity contribution is 0.364. The summed E-state index contributed by atoms with van der Waals surface area (Å²) in [5.74, 6) is 1.42. The number of nitrogens with zero attached hydrogens (tertiary/aromatic N) is 2. The van der Waals surface area contributed by atoms with Crippen molar-refractivity contribution >= 4 is 11.6 Å². The number of nitrogens with one attached hydrogen (secondary N) is 1. The molecular weight excluding hydrogens is 274 g/mol. The van der Waals surface area contributed by atoms with Crippen LogP contribution in [0.3, 0.4) is 0 Å². The highest BCUT2D eigenvalue weighted by Gasteiger charge is 2.16. The van der Waals surface area contributed by atoms with E-state index in [1.807, 2.05) is 24.3 Å². The fraction of sp³-hybridized carbons (Fsp3) is 0.467. The van der Waals surface area contributed by atoms with Gasteiger partial charge in [-0.2, -0.15) is 4.98 Å². The van der Waals surface area contributed by atoms with Crippen LogP contribution in [0.25, 0.3) is 0 Å². The van der Waals surface area contributed by atoms with Gasteiger partial charge in [0.15, 0.2) is 5.82 Å². The van der Waals surface area contributed by atoms with Gasteiger partial charge >= 0.3 is 0 Å². The average molecular weight is 292 g/mol. The number of hydrogen-bond donors (Lipinski definition) is 1. The second-order valence-corrected chi connectivity index (χ2v) is 5.61. The minimum atomic E-state index is 0.605. The summed E-state index contributed by atoms with van der Waals surface area (Å²) in [5, 5.41) is 8.25. The lowest BCUT2D eigenvalue weighted by Crippen LogP contribution is -2.21. The van der Waals surface area contributed by atoms with Gasteiger partial charge in [0.2, 0.25) is 5.89 Å². The van der Waals surface area contributed by atoms with E-state index in [4.69, 9.17) is 16.1 Å². The van der Waals surface area contributed by atoms with Crippen molar-refractivity contribution in [3.63, 3.8) is 0 Å². The lowest BCUT2D eigenvalue weighted by Gasteiger charge is -2.06. The number of aromatic nitrogens is 2. The van der Waals surface area contributed by atoms with E-state index in [-0.39, 0.29) is 0 Å². The normalized spacial score (nSPS) is 18.6. The van der Waals surface area contributed by atoms with Crippen LogP contribution in [0.2, 0.25) is 5.02 Å². The molecule has 106 valence electrons. The zero-order valence-corrected chi connectivity index (χ0v) is 12.1. The molecule has 2 aromatic rings. The number of aryl methyl sites for hydroxylation is 1. The summed E-state index contributed by atoms with van der Waals surface area (Å²) in [6.45, 7) is 1.13. The Morgan fingerprint density at radius 1 is 1.35 bits per heavy atom. The summed E-state index contributed by atoms with van der Waals surface area (Å²) < 4.78 is 5.30. The smallest absolute Gasteiger partial charge is 0.226 e. The summed E-state index contributed by atoms with van der Waals surface area (Å²) in [7, 11) is 0. The molecule has 1 aliphatic heterocycles. The van der Waals surface area contributed by atoms with E-state index in [9.17, 15) is 0 Å². The third kappa shape index (κ3) is 3.38. The summed E-state index contributed by atoms with van der Waals surface area (Å²) in [5.41, 5.74) is 1.03. The fourth-order valence-electron chi connectivity index (χ4n) is 2.58. The number of rotatable bonds is 5. The minimum Gasteiger partial charge on any atom is -0.339 e. The third-order valence-electron chi connectivity index (χ3n) is 3.69. The van der Waals surface area contributed by atoms with Crippen LogP contribution in [-0.2, 0) is 12.8 Å². The molecule has 1 N–H and O–H groups in total. The molecule has 5 heteroatoms. The van der Waals surface area contributed by atoms with Gasteiger partial charge in [0, 0.05) is 23.9 Å². The van der Waals surface area contributed by atoms with Crippen LogP contribution in [0.5, 0.6) is 0 Å². The molecule has 0 aliphatic carbocycles. The quantitative estimate of drug-likeness (QED) is 0.920. The first kappa shape index (κ1) is 13.6. The van der Waals surface area contributed by atoms with Crippen molar-refractivity contribution in [2.24, 2.45) is 0 Å². The van der Waals surface area contributed by atoms with Crippen molar-refractivity contribution in [1.82, 2.24) is 15.5 Å². The predicted molar refractivity (Wildman–Crippen MR) is 77.9 cm³/mol. The first-order valence-corrected chi connectivity index (χ1v) is 7.47. The van der Waals surface area contributed by atoms with Gasteiger partial charge in [-0.1, -0.05) is 35.0 Å². The van der Waals surface area contributed by atoms with Crippen LogP contribution in [0.1, 0.15) is 36.5 Å². The van der Waals surface area contributed by atoms with Crippen LogP contribution in [0, 0.1) is 0 Å². The number of benzene rings is 1. The van der Waals surface area contributed by atoms with Crippen LogP contribution >= 0.6 is 11.6 Å². The maximum atomic E-state index is 6.13. The Hall–Kier alpha value is -1.39. The standard InChI is InChI=1S/C15H18ClN3O/c16-13-6-2-1-4-11(13)10-14-18-15(20-19-14)8-7-12-5-3-9-17-12/h1-2,4,6,12,17H,3,5,7-10H2. The summed E-state index contributed by atoms with van der Waals surface area (Å²) in [6.07, 6.45) is 5.04. The van der Waals surface area contributed by atoms with Gasteiger partial charge in [0.25, 0.3) is 0 Å². The molecule has 4 nitrogen and oxygen atoms in total. The monoisotopic (exact) mass is 291 g/mol. The van der Waals surface area contributed by atoms with Crippen molar-refractivity contribution in [3.05, 3.63) is 46.6 Å². The van der Waals surface area contributed by atoms with Gasteiger partial charge in [-0.25, -0.2) is 0 Å². The van der Waals surface area contributed by atoms with Crippen LogP contribution in [0.4, 0.5) is 0 Å².